The summed E-state index contributed by atoms with van der Waals surface area (Å²) in [6, 6.07) is 19.7. The molecule has 0 aromatic heterocycles. The zero-order valence-electron chi connectivity index (χ0n) is 19.0. The molecule has 2 rings (SSSR count). The molecule has 1 unspecified atom stereocenters. The Hall–Kier alpha value is -1.56. The molecule has 0 radical (unpaired) electrons. The second-order valence-corrected chi connectivity index (χ2v) is 9.83. The van der Waals surface area contributed by atoms with Gasteiger partial charge in [-0.2, -0.15) is 0 Å². The predicted octanol–water partition coefficient (Wildman–Crippen LogP) is 8.64. The highest BCUT2D eigenvalue weighted by Crippen LogP contribution is 2.40. The molecule has 0 aliphatic heterocycles. The van der Waals surface area contributed by atoms with Crippen LogP contribution < -0.4 is 0 Å². The van der Waals surface area contributed by atoms with Crippen LogP contribution in [0, 0.1) is 17.8 Å². The molecule has 0 saturated carbocycles. The summed E-state index contributed by atoms with van der Waals surface area (Å²) in [5, 5.41) is 0. The van der Waals surface area contributed by atoms with E-state index in [4.69, 9.17) is 0 Å². The average molecular weight is 355 g/mol. The third-order valence-corrected chi connectivity index (χ3v) is 3.41. The Morgan fingerprint density at radius 1 is 0.654 bits per heavy atom. The number of benzene rings is 2. The fraction of sp³-hybridized carbons (Fsp3) is 0.538. The van der Waals surface area contributed by atoms with E-state index < -0.39 is 0 Å². The molecule has 0 saturated heterocycles. The zero-order valence-corrected chi connectivity index (χ0v) is 19.0. The first kappa shape index (κ1) is 24.4. The van der Waals surface area contributed by atoms with Crippen molar-refractivity contribution in [2.24, 2.45) is 10.8 Å². The van der Waals surface area contributed by atoms with Crippen LogP contribution in [0.1, 0.15) is 91.3 Å². The third-order valence-electron chi connectivity index (χ3n) is 3.41. The van der Waals surface area contributed by atoms with Gasteiger partial charge in [-0.05, 0) is 28.9 Å². The van der Waals surface area contributed by atoms with E-state index in [2.05, 4.69) is 124 Å². The van der Waals surface area contributed by atoms with E-state index in [1.807, 2.05) is 0 Å². The summed E-state index contributed by atoms with van der Waals surface area (Å²) in [7, 11) is 0. The van der Waals surface area contributed by atoms with E-state index >= 15 is 0 Å². The summed E-state index contributed by atoms with van der Waals surface area (Å²) in [4.78, 5) is 0. The van der Waals surface area contributed by atoms with E-state index in [0.717, 1.165) is 0 Å². The topological polar surface area (TPSA) is 0 Å². The average Bonchev–Trinajstić information content (AvgIpc) is 2.48. The van der Waals surface area contributed by atoms with Crippen molar-refractivity contribution in [2.45, 2.75) is 81.6 Å². The highest BCUT2D eigenvalue weighted by Gasteiger charge is 2.27. The zero-order chi connectivity index (χ0) is 20.4. The standard InChI is InChI=1S/C18H22.C5H12.C3H8/c1-14-10-12-16(13-11-14)17(18(2,3)4)15-8-6-5-7-9-15;1-5(2,3)4;1-3-2/h5-13,17H,1-4H3;1-4H3;3H2,1-2H3. The monoisotopic (exact) mass is 354 g/mol. The summed E-state index contributed by atoms with van der Waals surface area (Å²) in [5.41, 5.74) is 4.84. The van der Waals surface area contributed by atoms with Gasteiger partial charge in [-0.1, -0.05) is 129 Å². The SMILES string of the molecule is CC(C)(C)C.CCC.Cc1ccc(C(c2ccccc2)C(C)(C)C)cc1. The lowest BCUT2D eigenvalue weighted by molar-refractivity contribution is 0.358. The van der Waals surface area contributed by atoms with Crippen molar-refractivity contribution >= 4 is 0 Å². The number of aryl methyl sites for hydroxylation is 1. The fourth-order valence-corrected chi connectivity index (χ4v) is 2.60. The quantitative estimate of drug-likeness (QED) is 0.506. The maximum atomic E-state index is 2.31. The highest BCUT2D eigenvalue weighted by atomic mass is 14.3. The fourth-order valence-electron chi connectivity index (χ4n) is 2.60. The van der Waals surface area contributed by atoms with E-state index in [0.29, 0.717) is 11.3 Å². The highest BCUT2D eigenvalue weighted by molar-refractivity contribution is 5.35. The Morgan fingerprint density at radius 3 is 1.35 bits per heavy atom. The molecule has 0 amide bonds. The van der Waals surface area contributed by atoms with Crippen molar-refractivity contribution < 1.29 is 0 Å². The Labute approximate surface area is 164 Å². The maximum Gasteiger partial charge on any atom is 0.0138 e. The number of hydrogen-bond donors (Lipinski definition) is 0. The smallest absolute Gasteiger partial charge is 0.0138 e. The molecule has 0 N–H and O–H groups in total. The van der Waals surface area contributed by atoms with Gasteiger partial charge < -0.3 is 0 Å². The minimum Gasteiger partial charge on any atom is -0.0656 e. The summed E-state index contributed by atoms with van der Waals surface area (Å²) >= 11 is 0. The lowest BCUT2D eigenvalue weighted by atomic mass is 9.72. The first-order valence-electron chi connectivity index (χ1n) is 10.0. The first-order chi connectivity index (χ1) is 11.9. The molecule has 0 nitrogen and oxygen atoms in total. The number of rotatable bonds is 2. The number of hydrogen-bond acceptors (Lipinski definition) is 0. The Kier molecular flexibility index (Phi) is 10.5. The van der Waals surface area contributed by atoms with Crippen LogP contribution in [0.4, 0.5) is 0 Å². The molecule has 0 aliphatic rings. The van der Waals surface area contributed by atoms with Crippen LogP contribution in [0.25, 0.3) is 0 Å². The molecule has 1 atom stereocenters. The molecule has 0 fully saturated rings. The van der Waals surface area contributed by atoms with Gasteiger partial charge in [-0.15, -0.1) is 0 Å². The van der Waals surface area contributed by atoms with Gasteiger partial charge in [-0.3, -0.25) is 0 Å². The molecule has 2 aromatic rings. The van der Waals surface area contributed by atoms with Crippen molar-refractivity contribution in [2.75, 3.05) is 0 Å². The minimum atomic E-state index is 0.219. The predicted molar refractivity (Wildman–Crippen MR) is 120 cm³/mol. The first-order valence-corrected chi connectivity index (χ1v) is 10.0. The van der Waals surface area contributed by atoms with Crippen LogP contribution in [-0.4, -0.2) is 0 Å². The van der Waals surface area contributed by atoms with Gasteiger partial charge in [0.2, 0.25) is 0 Å². The molecule has 26 heavy (non-hydrogen) atoms. The Morgan fingerprint density at radius 2 is 1.00 bits per heavy atom. The summed E-state index contributed by atoms with van der Waals surface area (Å²) in [6.07, 6.45) is 1.25. The molecule has 0 aliphatic carbocycles. The molecule has 0 heteroatoms. The van der Waals surface area contributed by atoms with E-state index in [1.165, 1.54) is 23.1 Å². The lowest BCUT2D eigenvalue weighted by Gasteiger charge is -2.32. The van der Waals surface area contributed by atoms with E-state index in [9.17, 15) is 0 Å². The van der Waals surface area contributed by atoms with Crippen LogP contribution >= 0.6 is 0 Å². The summed E-state index contributed by atoms with van der Waals surface area (Å²) in [5.74, 6) is 0.444. The van der Waals surface area contributed by atoms with Gasteiger partial charge in [0.25, 0.3) is 0 Å². The maximum absolute atomic E-state index is 2.31. The lowest BCUT2D eigenvalue weighted by Crippen LogP contribution is -2.19. The van der Waals surface area contributed by atoms with Crippen molar-refractivity contribution in [3.05, 3.63) is 71.3 Å². The Bertz CT molecular complexity index is 571. The van der Waals surface area contributed by atoms with E-state index in [-0.39, 0.29) is 5.41 Å². The van der Waals surface area contributed by atoms with Gasteiger partial charge >= 0.3 is 0 Å². The van der Waals surface area contributed by atoms with Gasteiger partial charge in [0.05, 0.1) is 0 Å². The molecule has 2 aromatic carbocycles. The Balaban J connectivity index is 0.000000663. The molecular formula is C26H42. The van der Waals surface area contributed by atoms with Crippen LogP contribution in [0.3, 0.4) is 0 Å². The van der Waals surface area contributed by atoms with Crippen molar-refractivity contribution in [1.82, 2.24) is 0 Å². The van der Waals surface area contributed by atoms with Gasteiger partial charge in [0.15, 0.2) is 0 Å². The third kappa shape index (κ3) is 11.1. The van der Waals surface area contributed by atoms with Crippen LogP contribution in [0.5, 0.6) is 0 Å². The summed E-state index contributed by atoms with van der Waals surface area (Å²) in [6.45, 7) is 22.1. The normalized spacial score (nSPS) is 12.2. The van der Waals surface area contributed by atoms with Crippen molar-refractivity contribution in [1.29, 1.82) is 0 Å². The molecule has 0 spiro atoms. The van der Waals surface area contributed by atoms with Crippen LogP contribution in [0.15, 0.2) is 54.6 Å². The van der Waals surface area contributed by atoms with E-state index in [1.54, 1.807) is 0 Å². The second-order valence-electron chi connectivity index (χ2n) is 9.83. The second kappa shape index (κ2) is 11.2. The van der Waals surface area contributed by atoms with Gasteiger partial charge in [0.1, 0.15) is 0 Å². The summed E-state index contributed by atoms with van der Waals surface area (Å²) < 4.78 is 0. The van der Waals surface area contributed by atoms with Crippen molar-refractivity contribution in [3.63, 3.8) is 0 Å². The van der Waals surface area contributed by atoms with Gasteiger partial charge in [0, 0.05) is 5.92 Å². The van der Waals surface area contributed by atoms with Crippen LogP contribution in [0.2, 0.25) is 0 Å². The molecule has 0 bridgehead atoms. The molecule has 146 valence electrons. The van der Waals surface area contributed by atoms with Crippen LogP contribution in [-0.2, 0) is 0 Å². The largest absolute Gasteiger partial charge is 0.0656 e. The molecular weight excluding hydrogens is 312 g/mol. The van der Waals surface area contributed by atoms with Gasteiger partial charge in [-0.25, -0.2) is 0 Å². The molecule has 0 heterocycles. The minimum absolute atomic E-state index is 0.219. The van der Waals surface area contributed by atoms with Crippen molar-refractivity contribution in [3.8, 4) is 0 Å².